The Balaban J connectivity index is 4.83. The number of rotatable bonds is 3. The van der Waals surface area contributed by atoms with Crippen LogP contribution in [0.1, 0.15) is 20.8 Å². The minimum atomic E-state index is 0.834. The van der Waals surface area contributed by atoms with Crippen molar-refractivity contribution in [3.05, 3.63) is 24.0 Å². The highest BCUT2D eigenvalue weighted by atomic mass is 15.2. The van der Waals surface area contributed by atoms with Crippen LogP contribution in [0.4, 0.5) is 0 Å². The Labute approximate surface area is 86.6 Å². The van der Waals surface area contributed by atoms with Gasteiger partial charge in [0, 0.05) is 26.0 Å². The molecule has 0 N–H and O–H groups in total. The van der Waals surface area contributed by atoms with Gasteiger partial charge in [-0.25, -0.2) is 4.99 Å². The van der Waals surface area contributed by atoms with Gasteiger partial charge < -0.3 is 4.90 Å². The van der Waals surface area contributed by atoms with Crippen molar-refractivity contribution in [2.75, 3.05) is 14.1 Å². The fourth-order valence-electron chi connectivity index (χ4n) is 0.847. The first kappa shape index (κ1) is 12.6. The summed E-state index contributed by atoms with van der Waals surface area (Å²) in [4.78, 5) is 10.2. The third-order valence-corrected chi connectivity index (χ3v) is 1.89. The van der Waals surface area contributed by atoms with E-state index in [0.29, 0.717) is 0 Å². The first-order valence-electron chi connectivity index (χ1n) is 4.65. The molecular formula is C11H19N3. The maximum absolute atomic E-state index is 4.27. The molecule has 0 bridgehead atoms. The second-order valence-electron chi connectivity index (χ2n) is 2.85. The molecule has 0 aromatic rings. The summed E-state index contributed by atoms with van der Waals surface area (Å²) in [5.41, 5.74) is 1.15. The van der Waals surface area contributed by atoms with Crippen LogP contribution in [0.15, 0.2) is 34.0 Å². The molecule has 0 atom stereocenters. The van der Waals surface area contributed by atoms with E-state index in [1.165, 1.54) is 0 Å². The SMILES string of the molecule is C/C=C\N=C(C=NC)N(C)/C(C)=C\C. The van der Waals surface area contributed by atoms with Gasteiger partial charge in [-0.3, -0.25) is 4.99 Å². The highest BCUT2D eigenvalue weighted by Crippen LogP contribution is 2.00. The number of amidine groups is 1. The van der Waals surface area contributed by atoms with E-state index in [1.54, 1.807) is 19.5 Å². The van der Waals surface area contributed by atoms with E-state index in [9.17, 15) is 0 Å². The zero-order chi connectivity index (χ0) is 11.0. The van der Waals surface area contributed by atoms with Gasteiger partial charge in [0.25, 0.3) is 0 Å². The van der Waals surface area contributed by atoms with Crippen molar-refractivity contribution < 1.29 is 0 Å². The lowest BCUT2D eigenvalue weighted by Crippen LogP contribution is -2.25. The van der Waals surface area contributed by atoms with Crippen LogP contribution in [-0.2, 0) is 0 Å². The Kier molecular flexibility index (Phi) is 6.37. The average Bonchev–Trinajstić information content (AvgIpc) is 2.22. The van der Waals surface area contributed by atoms with E-state index in [0.717, 1.165) is 11.5 Å². The lowest BCUT2D eigenvalue weighted by atomic mass is 10.4. The van der Waals surface area contributed by atoms with Crippen molar-refractivity contribution in [3.63, 3.8) is 0 Å². The maximum atomic E-state index is 4.27. The smallest absolute Gasteiger partial charge is 0.150 e. The summed E-state index contributed by atoms with van der Waals surface area (Å²) < 4.78 is 0. The molecule has 0 unspecified atom stereocenters. The number of allylic oxidation sites excluding steroid dienone is 3. The highest BCUT2D eigenvalue weighted by molar-refractivity contribution is 6.29. The highest BCUT2D eigenvalue weighted by Gasteiger charge is 2.03. The van der Waals surface area contributed by atoms with Gasteiger partial charge in [0.05, 0.1) is 6.21 Å². The van der Waals surface area contributed by atoms with Crippen LogP contribution in [0.25, 0.3) is 0 Å². The number of nitrogens with zero attached hydrogens (tertiary/aromatic N) is 3. The average molecular weight is 193 g/mol. The predicted molar refractivity (Wildman–Crippen MR) is 63.9 cm³/mol. The van der Waals surface area contributed by atoms with Gasteiger partial charge in [-0.2, -0.15) is 0 Å². The van der Waals surface area contributed by atoms with E-state index >= 15 is 0 Å². The number of aliphatic imine (C=N–C) groups is 2. The summed E-state index contributed by atoms with van der Waals surface area (Å²) in [6, 6.07) is 0. The fourth-order valence-corrected chi connectivity index (χ4v) is 0.847. The first-order chi connectivity index (χ1) is 6.67. The van der Waals surface area contributed by atoms with Gasteiger partial charge in [0.2, 0.25) is 0 Å². The topological polar surface area (TPSA) is 28.0 Å². The molecule has 0 aromatic heterocycles. The second-order valence-corrected chi connectivity index (χ2v) is 2.85. The normalized spacial score (nSPS) is 14.4. The van der Waals surface area contributed by atoms with Crippen molar-refractivity contribution in [1.82, 2.24) is 4.90 Å². The Morgan fingerprint density at radius 3 is 2.36 bits per heavy atom. The zero-order valence-electron chi connectivity index (χ0n) is 9.65. The second kappa shape index (κ2) is 7.06. The van der Waals surface area contributed by atoms with Crippen LogP contribution in [0, 0.1) is 0 Å². The lowest BCUT2D eigenvalue weighted by Gasteiger charge is -2.18. The molecule has 0 aliphatic carbocycles. The van der Waals surface area contributed by atoms with Gasteiger partial charge in [0.15, 0.2) is 0 Å². The van der Waals surface area contributed by atoms with Crippen LogP contribution in [0.5, 0.6) is 0 Å². The Bertz CT molecular complexity index is 272. The van der Waals surface area contributed by atoms with Crippen LogP contribution in [0.2, 0.25) is 0 Å². The maximum Gasteiger partial charge on any atom is 0.150 e. The van der Waals surface area contributed by atoms with Crippen LogP contribution < -0.4 is 0 Å². The lowest BCUT2D eigenvalue weighted by molar-refractivity contribution is 0.634. The van der Waals surface area contributed by atoms with Gasteiger partial charge in [0.1, 0.15) is 5.84 Å². The summed E-state index contributed by atoms with van der Waals surface area (Å²) >= 11 is 0. The van der Waals surface area contributed by atoms with Gasteiger partial charge in [-0.15, -0.1) is 0 Å². The van der Waals surface area contributed by atoms with Crippen LogP contribution in [0.3, 0.4) is 0 Å². The van der Waals surface area contributed by atoms with Gasteiger partial charge in [-0.05, 0) is 20.8 Å². The fraction of sp³-hybridized carbons (Fsp3) is 0.455. The standard InChI is InChI=1S/C11H19N3/c1-6-8-13-11(9-12-4)14(5)10(3)7-2/h6-9H,1-5H3/b8-6-,10-7-,12-9?,13-11?. The molecule has 0 heterocycles. The van der Waals surface area contributed by atoms with E-state index < -0.39 is 0 Å². The summed E-state index contributed by atoms with van der Waals surface area (Å²) in [6.45, 7) is 5.98. The van der Waals surface area contributed by atoms with Crippen molar-refractivity contribution in [2.45, 2.75) is 20.8 Å². The largest absolute Gasteiger partial charge is 0.333 e. The molecule has 78 valence electrons. The van der Waals surface area contributed by atoms with Crippen molar-refractivity contribution in [2.24, 2.45) is 9.98 Å². The van der Waals surface area contributed by atoms with E-state index in [-0.39, 0.29) is 0 Å². The minimum Gasteiger partial charge on any atom is -0.333 e. The summed E-state index contributed by atoms with van der Waals surface area (Å²) in [5, 5.41) is 0. The van der Waals surface area contributed by atoms with E-state index in [4.69, 9.17) is 0 Å². The molecule has 0 aliphatic rings. The number of hydrogen-bond donors (Lipinski definition) is 0. The molecule has 0 saturated carbocycles. The minimum absolute atomic E-state index is 0.834. The van der Waals surface area contributed by atoms with Gasteiger partial charge >= 0.3 is 0 Å². The molecule has 0 aromatic carbocycles. The monoisotopic (exact) mass is 193 g/mol. The molecule has 14 heavy (non-hydrogen) atoms. The molecule has 0 fully saturated rings. The van der Waals surface area contributed by atoms with Crippen molar-refractivity contribution >= 4 is 12.1 Å². The Morgan fingerprint density at radius 2 is 1.93 bits per heavy atom. The van der Waals surface area contributed by atoms with Crippen LogP contribution in [-0.4, -0.2) is 31.0 Å². The molecular weight excluding hydrogens is 174 g/mol. The quantitative estimate of drug-likeness (QED) is 0.500. The molecule has 0 rings (SSSR count). The van der Waals surface area contributed by atoms with Crippen LogP contribution >= 0.6 is 0 Å². The summed E-state index contributed by atoms with van der Waals surface area (Å²) in [6.07, 6.45) is 7.43. The van der Waals surface area contributed by atoms with Crippen molar-refractivity contribution in [1.29, 1.82) is 0 Å². The third kappa shape index (κ3) is 4.03. The Morgan fingerprint density at radius 1 is 1.29 bits per heavy atom. The third-order valence-electron chi connectivity index (χ3n) is 1.89. The van der Waals surface area contributed by atoms with Crippen molar-refractivity contribution in [3.8, 4) is 0 Å². The number of hydrogen-bond acceptors (Lipinski definition) is 2. The molecule has 0 spiro atoms. The molecule has 0 radical (unpaired) electrons. The summed E-state index contributed by atoms with van der Waals surface area (Å²) in [7, 11) is 3.71. The first-order valence-corrected chi connectivity index (χ1v) is 4.65. The van der Waals surface area contributed by atoms with Gasteiger partial charge in [-0.1, -0.05) is 12.2 Å². The molecule has 0 amide bonds. The van der Waals surface area contributed by atoms with E-state index in [2.05, 4.69) is 9.98 Å². The Hall–Kier alpha value is -1.38. The predicted octanol–water partition coefficient (Wildman–Crippen LogP) is 2.47. The van der Waals surface area contributed by atoms with E-state index in [1.807, 2.05) is 44.9 Å². The molecule has 0 aliphatic heterocycles. The summed E-state index contributed by atoms with van der Waals surface area (Å²) in [5.74, 6) is 0.834. The molecule has 3 nitrogen and oxygen atoms in total. The zero-order valence-corrected chi connectivity index (χ0v) is 9.65. The molecule has 0 saturated heterocycles. The molecule has 3 heteroatoms.